The molecule has 1 unspecified atom stereocenters. The molecule has 110 valence electrons. The van der Waals surface area contributed by atoms with Crippen LogP contribution < -0.4 is 4.72 Å². The zero-order valence-corrected chi connectivity index (χ0v) is 12.3. The van der Waals surface area contributed by atoms with Gasteiger partial charge in [-0.1, -0.05) is 5.16 Å². The summed E-state index contributed by atoms with van der Waals surface area (Å²) >= 11 is 0. The predicted molar refractivity (Wildman–Crippen MR) is 71.5 cm³/mol. The lowest BCUT2D eigenvalue weighted by Crippen LogP contribution is -2.29. The number of sulfonamides is 1. The Morgan fingerprint density at radius 2 is 2.20 bits per heavy atom. The average Bonchev–Trinajstić information content (AvgIpc) is 2.93. The van der Waals surface area contributed by atoms with E-state index in [1.807, 2.05) is 0 Å². The number of aliphatic hydroxyl groups is 1. The molecule has 0 aliphatic rings. The molecule has 0 amide bonds. The van der Waals surface area contributed by atoms with Crippen molar-refractivity contribution in [1.82, 2.24) is 14.4 Å². The molecule has 20 heavy (non-hydrogen) atoms. The van der Waals surface area contributed by atoms with E-state index in [9.17, 15) is 13.5 Å². The van der Waals surface area contributed by atoms with E-state index in [0.29, 0.717) is 11.4 Å². The van der Waals surface area contributed by atoms with E-state index in [4.69, 9.17) is 4.52 Å². The maximum Gasteiger partial charge on any atom is 0.246 e. The van der Waals surface area contributed by atoms with Gasteiger partial charge in [0.1, 0.15) is 16.7 Å². The topological polar surface area (TPSA) is 97.4 Å². The van der Waals surface area contributed by atoms with Crippen LogP contribution in [0.1, 0.15) is 23.3 Å². The van der Waals surface area contributed by atoms with E-state index in [1.54, 1.807) is 36.9 Å². The number of aromatic nitrogens is 2. The van der Waals surface area contributed by atoms with Gasteiger partial charge in [0.05, 0.1) is 0 Å². The highest BCUT2D eigenvalue weighted by molar-refractivity contribution is 7.89. The highest BCUT2D eigenvalue weighted by atomic mass is 32.2. The second kappa shape index (κ2) is 5.39. The van der Waals surface area contributed by atoms with Gasteiger partial charge in [0.2, 0.25) is 10.0 Å². The van der Waals surface area contributed by atoms with Gasteiger partial charge in [-0.2, -0.15) is 0 Å². The molecule has 0 fully saturated rings. The number of nitrogens with zero attached hydrogens (tertiary/aromatic N) is 2. The Balaban J connectivity index is 2.13. The van der Waals surface area contributed by atoms with Gasteiger partial charge in [0.25, 0.3) is 0 Å². The minimum Gasteiger partial charge on any atom is -0.386 e. The monoisotopic (exact) mass is 299 g/mol. The van der Waals surface area contributed by atoms with Gasteiger partial charge >= 0.3 is 0 Å². The van der Waals surface area contributed by atoms with Crippen LogP contribution in [0.2, 0.25) is 0 Å². The number of rotatable bonds is 5. The maximum atomic E-state index is 12.2. The normalized spacial score (nSPS) is 13.6. The van der Waals surface area contributed by atoms with Gasteiger partial charge < -0.3 is 14.2 Å². The van der Waals surface area contributed by atoms with E-state index >= 15 is 0 Å². The van der Waals surface area contributed by atoms with Crippen molar-refractivity contribution >= 4 is 10.0 Å². The van der Waals surface area contributed by atoms with Crippen LogP contribution in [0.15, 0.2) is 27.7 Å². The Morgan fingerprint density at radius 1 is 1.50 bits per heavy atom. The molecule has 0 aliphatic carbocycles. The number of nitrogens with one attached hydrogen (secondary N) is 1. The summed E-state index contributed by atoms with van der Waals surface area (Å²) in [6.45, 7) is 2.96. The van der Waals surface area contributed by atoms with Crippen molar-refractivity contribution in [3.8, 4) is 0 Å². The minimum atomic E-state index is -3.75. The van der Waals surface area contributed by atoms with Gasteiger partial charge in [-0.15, -0.1) is 0 Å². The Morgan fingerprint density at radius 3 is 2.70 bits per heavy atom. The van der Waals surface area contributed by atoms with Crippen molar-refractivity contribution in [2.45, 2.75) is 24.8 Å². The first-order chi connectivity index (χ1) is 9.33. The third-order valence-corrected chi connectivity index (χ3v) is 4.70. The molecule has 0 aromatic carbocycles. The lowest BCUT2D eigenvalue weighted by molar-refractivity contribution is 0.173. The molecule has 7 nitrogen and oxygen atoms in total. The molecule has 0 saturated heterocycles. The third kappa shape index (κ3) is 2.77. The van der Waals surface area contributed by atoms with Crippen molar-refractivity contribution in [3.05, 3.63) is 35.5 Å². The van der Waals surface area contributed by atoms with Gasteiger partial charge in [0.15, 0.2) is 5.76 Å². The molecular formula is C12H17N3O4S. The molecule has 0 radical (unpaired) electrons. The zero-order valence-electron chi connectivity index (χ0n) is 11.5. The fourth-order valence-electron chi connectivity index (χ4n) is 2.04. The molecule has 2 heterocycles. The summed E-state index contributed by atoms with van der Waals surface area (Å²) in [5, 5.41) is 13.6. The molecule has 0 spiro atoms. The van der Waals surface area contributed by atoms with Crippen molar-refractivity contribution in [2.24, 2.45) is 7.05 Å². The average molecular weight is 299 g/mol. The zero-order chi connectivity index (χ0) is 14.9. The highest BCUT2D eigenvalue weighted by Crippen LogP contribution is 2.19. The summed E-state index contributed by atoms with van der Waals surface area (Å²) < 4.78 is 33.3. The summed E-state index contributed by atoms with van der Waals surface area (Å²) in [4.78, 5) is 0.0246. The summed E-state index contributed by atoms with van der Waals surface area (Å²) in [5.41, 5.74) is 0.926. The van der Waals surface area contributed by atoms with Gasteiger partial charge in [-0.25, -0.2) is 13.1 Å². The molecule has 1 atom stereocenters. The molecule has 2 aromatic heterocycles. The standard InChI is InChI=1S/C12H17N3O4S/c1-8-12(9(2)19-14-8)20(17,18)13-7-11(16)10-5-4-6-15(10)3/h4-6,11,13,16H,7H2,1-3H3. The molecule has 2 rings (SSSR count). The smallest absolute Gasteiger partial charge is 0.246 e. The first kappa shape index (κ1) is 14.8. The third-order valence-electron chi connectivity index (χ3n) is 3.03. The van der Waals surface area contributed by atoms with Crippen LogP contribution in [-0.4, -0.2) is 29.8 Å². The Hall–Kier alpha value is -1.64. The van der Waals surface area contributed by atoms with Crippen molar-refractivity contribution in [3.63, 3.8) is 0 Å². The maximum absolute atomic E-state index is 12.2. The SMILES string of the molecule is Cc1noc(C)c1S(=O)(=O)NCC(O)c1cccn1C. The summed E-state index contributed by atoms with van der Waals surface area (Å²) in [7, 11) is -1.97. The Bertz CT molecular complexity index is 683. The molecule has 0 aliphatic heterocycles. The summed E-state index contributed by atoms with van der Waals surface area (Å²) in [6, 6.07) is 3.51. The van der Waals surface area contributed by atoms with E-state index < -0.39 is 16.1 Å². The van der Waals surface area contributed by atoms with E-state index in [0.717, 1.165) is 0 Å². The molecule has 0 bridgehead atoms. The van der Waals surface area contributed by atoms with Crippen LogP contribution in [0.25, 0.3) is 0 Å². The lowest BCUT2D eigenvalue weighted by atomic mass is 10.2. The molecule has 8 heteroatoms. The van der Waals surface area contributed by atoms with Crippen LogP contribution in [-0.2, 0) is 17.1 Å². The van der Waals surface area contributed by atoms with Crippen LogP contribution >= 0.6 is 0 Å². The van der Waals surface area contributed by atoms with E-state index in [-0.39, 0.29) is 17.2 Å². The van der Waals surface area contributed by atoms with Crippen molar-refractivity contribution in [2.75, 3.05) is 6.54 Å². The number of aliphatic hydroxyl groups excluding tert-OH is 1. The van der Waals surface area contributed by atoms with Crippen LogP contribution in [0.4, 0.5) is 0 Å². The molecular weight excluding hydrogens is 282 g/mol. The minimum absolute atomic E-state index is 0.0246. The van der Waals surface area contributed by atoms with Crippen molar-refractivity contribution in [1.29, 1.82) is 0 Å². The second-order valence-electron chi connectivity index (χ2n) is 4.56. The van der Waals surface area contributed by atoms with Gasteiger partial charge in [-0.3, -0.25) is 0 Å². The molecule has 2 N–H and O–H groups in total. The largest absolute Gasteiger partial charge is 0.386 e. The summed E-state index contributed by atoms with van der Waals surface area (Å²) in [5.74, 6) is 0.225. The Labute approximate surface area is 117 Å². The van der Waals surface area contributed by atoms with Crippen LogP contribution in [0.5, 0.6) is 0 Å². The second-order valence-corrected chi connectivity index (χ2v) is 6.27. The van der Waals surface area contributed by atoms with Crippen molar-refractivity contribution < 1.29 is 18.0 Å². The molecule has 0 saturated carbocycles. The fourth-order valence-corrected chi connectivity index (χ4v) is 3.41. The quantitative estimate of drug-likeness (QED) is 0.844. The highest BCUT2D eigenvalue weighted by Gasteiger charge is 2.25. The van der Waals surface area contributed by atoms with E-state index in [1.165, 1.54) is 6.92 Å². The van der Waals surface area contributed by atoms with Crippen LogP contribution in [0, 0.1) is 13.8 Å². The van der Waals surface area contributed by atoms with E-state index in [2.05, 4.69) is 9.88 Å². The first-order valence-electron chi connectivity index (χ1n) is 6.04. The Kier molecular flexibility index (Phi) is 3.98. The number of hydrogen-bond donors (Lipinski definition) is 2. The van der Waals surface area contributed by atoms with Crippen LogP contribution in [0.3, 0.4) is 0 Å². The summed E-state index contributed by atoms with van der Waals surface area (Å²) in [6.07, 6.45) is 0.853. The fraction of sp³-hybridized carbons (Fsp3) is 0.417. The first-order valence-corrected chi connectivity index (χ1v) is 7.53. The number of aryl methyl sites for hydroxylation is 3. The van der Waals surface area contributed by atoms with Gasteiger partial charge in [0, 0.05) is 25.5 Å². The predicted octanol–water partition coefficient (Wildman–Crippen LogP) is 0.642. The van der Waals surface area contributed by atoms with Gasteiger partial charge in [-0.05, 0) is 26.0 Å². The molecule has 2 aromatic rings. The number of hydrogen-bond acceptors (Lipinski definition) is 5. The lowest BCUT2D eigenvalue weighted by Gasteiger charge is -2.13.